The number of carbonyl (C=O) groups excluding carboxylic acids is 1. The van der Waals surface area contributed by atoms with Crippen LogP contribution in [0.15, 0.2) is 48.8 Å². The topological polar surface area (TPSA) is 119 Å². The molecule has 2 atom stereocenters. The minimum Gasteiger partial charge on any atom is -0.489 e. The van der Waals surface area contributed by atoms with Gasteiger partial charge in [-0.05, 0) is 60.2 Å². The maximum atomic E-state index is 13.6. The van der Waals surface area contributed by atoms with E-state index < -0.39 is 27.3 Å². The summed E-state index contributed by atoms with van der Waals surface area (Å²) in [5.41, 5.74) is 6.52. The summed E-state index contributed by atoms with van der Waals surface area (Å²) in [4.78, 5) is 20.3. The Hall–Kier alpha value is -3.83. The van der Waals surface area contributed by atoms with Gasteiger partial charge in [0.1, 0.15) is 17.4 Å². The number of hydrogen-bond donors (Lipinski definition) is 1. The largest absolute Gasteiger partial charge is 0.489 e. The lowest BCUT2D eigenvalue weighted by molar-refractivity contribution is -0.128. The van der Waals surface area contributed by atoms with E-state index in [1.54, 1.807) is 24.7 Å². The first kappa shape index (κ1) is 30.6. The van der Waals surface area contributed by atoms with Crippen molar-refractivity contribution in [3.05, 3.63) is 82.2 Å². The lowest BCUT2D eigenvalue weighted by Crippen LogP contribution is -2.43. The summed E-state index contributed by atoms with van der Waals surface area (Å²) in [6.07, 6.45) is 5.57. The molecule has 228 valence electrons. The Morgan fingerprint density at radius 2 is 1.95 bits per heavy atom. The van der Waals surface area contributed by atoms with Crippen molar-refractivity contribution in [2.75, 3.05) is 12.8 Å². The van der Waals surface area contributed by atoms with Gasteiger partial charge in [0, 0.05) is 50.6 Å². The molecule has 2 aromatic carbocycles. The monoisotopic (exact) mass is 604 g/mol. The lowest BCUT2D eigenvalue weighted by Gasteiger charge is -2.35. The number of nitrogens with one attached hydrogen (secondary N) is 1. The first-order valence-electron chi connectivity index (χ1n) is 14.5. The van der Waals surface area contributed by atoms with Crippen molar-refractivity contribution in [3.63, 3.8) is 0 Å². The summed E-state index contributed by atoms with van der Waals surface area (Å²) < 4.78 is 34.5. The van der Waals surface area contributed by atoms with E-state index in [4.69, 9.17) is 4.74 Å². The molecule has 43 heavy (non-hydrogen) atoms. The third kappa shape index (κ3) is 6.28. The average Bonchev–Trinajstić information content (AvgIpc) is 3.22. The van der Waals surface area contributed by atoms with Crippen molar-refractivity contribution in [2.24, 2.45) is 12.5 Å². The average molecular weight is 605 g/mol. The molecule has 10 nitrogen and oxygen atoms in total. The van der Waals surface area contributed by atoms with Crippen molar-refractivity contribution in [1.29, 1.82) is 0 Å². The van der Waals surface area contributed by atoms with Gasteiger partial charge in [-0.1, -0.05) is 50.3 Å². The number of nitrogens with zero attached hydrogens (tertiary/aromatic N) is 5. The van der Waals surface area contributed by atoms with E-state index in [2.05, 4.69) is 50.9 Å². The molecular weight excluding hydrogens is 564 g/mol. The highest BCUT2D eigenvalue weighted by atomic mass is 32.2. The molecular formula is C32H40N6O4S. The van der Waals surface area contributed by atoms with Gasteiger partial charge in [-0.15, -0.1) is 5.10 Å². The van der Waals surface area contributed by atoms with Crippen LogP contribution in [0.25, 0.3) is 11.0 Å². The molecule has 1 amide bonds. The van der Waals surface area contributed by atoms with E-state index in [0.29, 0.717) is 13.1 Å². The molecule has 0 radical (unpaired) electrons. The molecule has 0 unspecified atom stereocenters. The first-order chi connectivity index (χ1) is 20.3. The zero-order valence-corrected chi connectivity index (χ0v) is 26.7. The Labute approximate surface area is 253 Å². The highest BCUT2D eigenvalue weighted by molar-refractivity contribution is 7.89. The van der Waals surface area contributed by atoms with E-state index in [-0.39, 0.29) is 6.10 Å². The highest BCUT2D eigenvalue weighted by Gasteiger charge is 2.41. The van der Waals surface area contributed by atoms with Crippen molar-refractivity contribution < 1.29 is 17.9 Å². The number of ether oxygens (including phenoxy) is 1. The summed E-state index contributed by atoms with van der Waals surface area (Å²) in [6.45, 7) is 11.9. The van der Waals surface area contributed by atoms with Gasteiger partial charge < -0.3 is 4.74 Å². The van der Waals surface area contributed by atoms with E-state index >= 15 is 0 Å². The highest BCUT2D eigenvalue weighted by Crippen LogP contribution is 2.44. The van der Waals surface area contributed by atoms with E-state index in [1.165, 1.54) is 0 Å². The maximum absolute atomic E-state index is 13.6. The number of hydrogen-bond acceptors (Lipinski definition) is 8. The Balaban J connectivity index is 1.59. The molecule has 0 bridgehead atoms. The molecule has 1 aliphatic rings. The molecule has 0 spiro atoms. The van der Waals surface area contributed by atoms with Gasteiger partial charge in [-0.25, -0.2) is 13.1 Å². The number of pyridine rings is 1. The predicted octanol–water partition coefficient (Wildman–Crippen LogP) is 4.39. The minimum atomic E-state index is -3.76. The van der Waals surface area contributed by atoms with E-state index in [1.807, 2.05) is 44.4 Å². The lowest BCUT2D eigenvalue weighted by atomic mass is 9.69. The Morgan fingerprint density at radius 1 is 1.19 bits per heavy atom. The molecule has 1 N–H and O–H groups in total. The van der Waals surface area contributed by atoms with Gasteiger partial charge in [0.25, 0.3) is 0 Å². The summed E-state index contributed by atoms with van der Waals surface area (Å²) in [5.74, 6) is -0.162. The third-order valence-corrected chi connectivity index (χ3v) is 9.10. The molecule has 0 aliphatic carbocycles. The van der Waals surface area contributed by atoms with Crippen LogP contribution in [0.1, 0.15) is 66.5 Å². The zero-order chi connectivity index (χ0) is 31.1. The molecule has 11 heteroatoms. The van der Waals surface area contributed by atoms with Crippen molar-refractivity contribution in [1.82, 2.24) is 29.6 Å². The molecule has 5 rings (SSSR count). The van der Waals surface area contributed by atoms with E-state index in [0.717, 1.165) is 69.4 Å². The normalized spacial score (nSPS) is 16.8. The van der Waals surface area contributed by atoms with Crippen molar-refractivity contribution in [2.45, 2.75) is 66.2 Å². The van der Waals surface area contributed by atoms with Gasteiger partial charge in [0.15, 0.2) is 0 Å². The first-order valence-corrected chi connectivity index (χ1v) is 16.4. The molecule has 2 aromatic heterocycles. The Kier molecular flexibility index (Phi) is 8.32. The smallest absolute Gasteiger partial charge is 0.240 e. The van der Waals surface area contributed by atoms with Crippen LogP contribution < -0.4 is 9.46 Å². The standard InChI is InChI=1S/C32H40N6O4S/c1-8-25-19-38(18-24-16-33-14-13-28(24)42-25)17-23-15-22(10-9-20(23)2)29(32(4,5)31(39)35-43(7,40)41)26-11-12-27-30(21(26)3)34-36-37(27)6/h9-16,25,29H,8,17-19H2,1-7H3,(H,35,39)/t25-,29+/m1/s1. The number of aromatic nitrogens is 4. The van der Waals surface area contributed by atoms with Crippen LogP contribution in [0, 0.1) is 19.3 Å². The summed E-state index contributed by atoms with van der Waals surface area (Å²) in [7, 11) is -1.92. The number of carbonyl (C=O) groups is 1. The number of aryl methyl sites for hydroxylation is 3. The Morgan fingerprint density at radius 3 is 2.67 bits per heavy atom. The van der Waals surface area contributed by atoms with Gasteiger partial charge in [-0.2, -0.15) is 0 Å². The molecule has 0 saturated heterocycles. The van der Waals surface area contributed by atoms with Gasteiger partial charge in [0.2, 0.25) is 15.9 Å². The third-order valence-electron chi connectivity index (χ3n) is 8.54. The van der Waals surface area contributed by atoms with Gasteiger partial charge >= 0.3 is 0 Å². The van der Waals surface area contributed by atoms with Crippen LogP contribution in [-0.4, -0.2) is 58.1 Å². The number of benzene rings is 2. The predicted molar refractivity (Wildman–Crippen MR) is 166 cm³/mol. The molecule has 0 fully saturated rings. The Bertz CT molecular complexity index is 1780. The van der Waals surface area contributed by atoms with Crippen molar-refractivity contribution in [3.8, 4) is 5.75 Å². The van der Waals surface area contributed by atoms with Crippen LogP contribution in [0.5, 0.6) is 5.75 Å². The van der Waals surface area contributed by atoms with Crippen LogP contribution in [0.3, 0.4) is 0 Å². The fraction of sp³-hybridized carbons (Fsp3) is 0.438. The van der Waals surface area contributed by atoms with Crippen LogP contribution >= 0.6 is 0 Å². The molecule has 3 heterocycles. The van der Waals surface area contributed by atoms with E-state index in [9.17, 15) is 13.2 Å². The fourth-order valence-electron chi connectivity index (χ4n) is 6.05. The number of rotatable bonds is 8. The summed E-state index contributed by atoms with van der Waals surface area (Å²) in [6, 6.07) is 12.2. The number of sulfonamides is 1. The second kappa shape index (κ2) is 11.7. The summed E-state index contributed by atoms with van der Waals surface area (Å²) >= 11 is 0. The second-order valence-corrected chi connectivity index (χ2v) is 14.0. The van der Waals surface area contributed by atoms with Gasteiger partial charge in [0.05, 0.1) is 17.2 Å². The van der Waals surface area contributed by atoms with Crippen LogP contribution in [-0.2, 0) is 35.0 Å². The minimum absolute atomic E-state index is 0.0554. The van der Waals surface area contributed by atoms with Crippen LogP contribution in [0.2, 0.25) is 0 Å². The molecule has 0 saturated carbocycles. The SMILES string of the molecule is CC[C@@H]1CN(Cc2cc([C@@H](c3ccc4c(nnn4C)c3C)C(C)(C)C(=O)NS(C)(=O)=O)ccc2C)Cc2cnccc2O1. The summed E-state index contributed by atoms with van der Waals surface area (Å²) in [5, 5.41) is 8.58. The number of fused-ring (bicyclic) bond motifs is 2. The molecule has 1 aliphatic heterocycles. The van der Waals surface area contributed by atoms with Crippen molar-refractivity contribution >= 4 is 27.0 Å². The second-order valence-electron chi connectivity index (χ2n) is 12.2. The van der Waals surface area contributed by atoms with Crippen LogP contribution in [0.4, 0.5) is 0 Å². The quantitative estimate of drug-likeness (QED) is 0.315. The maximum Gasteiger partial charge on any atom is 0.240 e. The zero-order valence-electron chi connectivity index (χ0n) is 25.9. The number of amides is 1. The fourth-order valence-corrected chi connectivity index (χ4v) is 6.65. The molecule has 4 aromatic rings. The van der Waals surface area contributed by atoms with Gasteiger partial charge in [-0.3, -0.25) is 19.4 Å².